The monoisotopic (exact) mass is 301 g/mol. The predicted molar refractivity (Wildman–Crippen MR) is 78.6 cm³/mol. The third-order valence-corrected chi connectivity index (χ3v) is 3.53. The molecule has 0 radical (unpaired) electrons. The zero-order valence-corrected chi connectivity index (χ0v) is 11.9. The van der Waals surface area contributed by atoms with Gasteiger partial charge in [0, 0.05) is 17.0 Å². The molecule has 1 amide bonds. The molecule has 6 nitrogen and oxygen atoms in total. The topological polar surface area (TPSA) is 77.2 Å². The minimum Gasteiger partial charge on any atom is -0.497 e. The molecule has 3 aromatic rings. The third kappa shape index (κ3) is 2.92. The van der Waals surface area contributed by atoms with E-state index in [1.54, 1.807) is 7.11 Å². The van der Waals surface area contributed by atoms with Crippen molar-refractivity contribution in [2.75, 3.05) is 12.4 Å². The summed E-state index contributed by atoms with van der Waals surface area (Å²) in [5.41, 5.74) is 1.74. The molecule has 0 bridgehead atoms. The lowest BCUT2D eigenvalue weighted by Crippen LogP contribution is -2.10. The van der Waals surface area contributed by atoms with Crippen molar-refractivity contribution in [3.05, 3.63) is 47.7 Å². The molecule has 2 aromatic heterocycles. The molecule has 7 heteroatoms. The maximum Gasteiger partial charge on any atom is 0.296 e. The van der Waals surface area contributed by atoms with Gasteiger partial charge in [-0.25, -0.2) is 4.98 Å². The van der Waals surface area contributed by atoms with Gasteiger partial charge < -0.3 is 9.26 Å². The number of anilines is 1. The van der Waals surface area contributed by atoms with Crippen LogP contribution in [0.5, 0.6) is 5.75 Å². The van der Waals surface area contributed by atoms with Gasteiger partial charge in [0.2, 0.25) is 5.76 Å². The molecule has 1 aromatic carbocycles. The Kier molecular flexibility index (Phi) is 3.65. The molecular weight excluding hydrogens is 290 g/mol. The van der Waals surface area contributed by atoms with E-state index in [0.29, 0.717) is 5.13 Å². The van der Waals surface area contributed by atoms with Crippen LogP contribution in [0.3, 0.4) is 0 Å². The second kappa shape index (κ2) is 5.76. The van der Waals surface area contributed by atoms with Crippen LogP contribution in [0.2, 0.25) is 0 Å². The van der Waals surface area contributed by atoms with Crippen LogP contribution in [0.4, 0.5) is 5.13 Å². The summed E-state index contributed by atoms with van der Waals surface area (Å²) in [6, 6.07) is 9.04. The van der Waals surface area contributed by atoms with Crippen molar-refractivity contribution in [2.24, 2.45) is 0 Å². The minimum absolute atomic E-state index is 0.149. The van der Waals surface area contributed by atoms with Crippen LogP contribution in [0.25, 0.3) is 11.3 Å². The number of aromatic nitrogens is 2. The third-order valence-electron chi connectivity index (χ3n) is 2.77. The highest BCUT2D eigenvalue weighted by Crippen LogP contribution is 2.26. The van der Waals surface area contributed by atoms with Crippen molar-refractivity contribution >= 4 is 22.4 Å². The average molecular weight is 301 g/mol. The number of benzene rings is 1. The van der Waals surface area contributed by atoms with Crippen LogP contribution in [0, 0.1) is 0 Å². The van der Waals surface area contributed by atoms with Crippen LogP contribution >= 0.6 is 11.3 Å². The number of amides is 1. The average Bonchev–Trinajstić information content (AvgIpc) is 3.19. The molecule has 0 saturated carbocycles. The van der Waals surface area contributed by atoms with E-state index in [0.717, 1.165) is 17.0 Å². The number of nitrogens with one attached hydrogen (secondary N) is 1. The molecule has 0 saturated heterocycles. The fraction of sp³-hybridized carbons (Fsp3) is 0.0714. The zero-order chi connectivity index (χ0) is 14.7. The lowest BCUT2D eigenvalue weighted by Gasteiger charge is -2.00. The van der Waals surface area contributed by atoms with E-state index < -0.39 is 0 Å². The quantitative estimate of drug-likeness (QED) is 0.801. The van der Waals surface area contributed by atoms with E-state index in [2.05, 4.69) is 15.5 Å². The molecule has 106 valence electrons. The van der Waals surface area contributed by atoms with E-state index in [1.165, 1.54) is 23.6 Å². The lowest BCUT2D eigenvalue weighted by atomic mass is 10.2. The molecule has 0 aliphatic carbocycles. The number of methoxy groups -OCH3 is 1. The summed E-state index contributed by atoms with van der Waals surface area (Å²) in [6.07, 6.45) is 1.42. The van der Waals surface area contributed by atoms with Gasteiger partial charge in [-0.2, -0.15) is 0 Å². The summed E-state index contributed by atoms with van der Waals surface area (Å²) in [7, 11) is 1.62. The second-order valence-corrected chi connectivity index (χ2v) is 4.96. The molecule has 21 heavy (non-hydrogen) atoms. The van der Waals surface area contributed by atoms with Crippen LogP contribution in [-0.2, 0) is 0 Å². The number of ether oxygens (including phenoxy) is 1. The van der Waals surface area contributed by atoms with E-state index in [-0.39, 0.29) is 11.7 Å². The molecule has 0 aliphatic rings. The van der Waals surface area contributed by atoms with Gasteiger partial charge in [-0.15, -0.1) is 11.3 Å². The highest BCUT2D eigenvalue weighted by molar-refractivity contribution is 7.14. The summed E-state index contributed by atoms with van der Waals surface area (Å²) < 4.78 is 9.90. The van der Waals surface area contributed by atoms with Crippen molar-refractivity contribution in [3.8, 4) is 17.0 Å². The molecule has 2 heterocycles. The number of carbonyl (C=O) groups is 1. The van der Waals surface area contributed by atoms with Gasteiger partial charge in [-0.05, 0) is 24.3 Å². The Morgan fingerprint density at radius 1 is 1.29 bits per heavy atom. The van der Waals surface area contributed by atoms with Crippen molar-refractivity contribution in [1.29, 1.82) is 0 Å². The molecule has 0 spiro atoms. The first kappa shape index (κ1) is 13.3. The fourth-order valence-corrected chi connectivity index (χ4v) is 2.43. The number of thiazole rings is 1. The summed E-state index contributed by atoms with van der Waals surface area (Å²) in [5.74, 6) is 0.562. The standard InChI is InChI=1S/C14H11N3O3S/c1-19-10-4-2-9(3-5-10)11-8-21-14(16-11)17-13(18)12-6-7-15-20-12/h2-8H,1H3,(H,16,17,18). The first-order valence-electron chi connectivity index (χ1n) is 6.08. The normalized spacial score (nSPS) is 10.3. The van der Waals surface area contributed by atoms with E-state index in [1.807, 2.05) is 29.6 Å². The Balaban J connectivity index is 1.75. The van der Waals surface area contributed by atoms with Gasteiger partial charge >= 0.3 is 0 Å². The van der Waals surface area contributed by atoms with Gasteiger partial charge in [0.25, 0.3) is 5.91 Å². The van der Waals surface area contributed by atoms with Gasteiger partial charge in [0.1, 0.15) is 5.75 Å². The van der Waals surface area contributed by atoms with Gasteiger partial charge in [0.15, 0.2) is 5.13 Å². The first-order chi connectivity index (χ1) is 10.3. The highest BCUT2D eigenvalue weighted by atomic mass is 32.1. The molecule has 0 fully saturated rings. The summed E-state index contributed by atoms with van der Waals surface area (Å²) in [5, 5.41) is 8.53. The van der Waals surface area contributed by atoms with Gasteiger partial charge in [0.05, 0.1) is 19.0 Å². The van der Waals surface area contributed by atoms with Crippen molar-refractivity contribution in [1.82, 2.24) is 10.1 Å². The van der Waals surface area contributed by atoms with Crippen LogP contribution in [-0.4, -0.2) is 23.2 Å². The largest absolute Gasteiger partial charge is 0.497 e. The van der Waals surface area contributed by atoms with E-state index in [9.17, 15) is 4.79 Å². The highest BCUT2D eigenvalue weighted by Gasteiger charge is 2.12. The molecular formula is C14H11N3O3S. The Bertz CT molecular complexity index is 735. The predicted octanol–water partition coefficient (Wildman–Crippen LogP) is 3.06. The van der Waals surface area contributed by atoms with Crippen molar-refractivity contribution in [3.63, 3.8) is 0 Å². The SMILES string of the molecule is COc1ccc(-c2csc(NC(=O)c3ccno3)n2)cc1. The van der Waals surface area contributed by atoms with E-state index in [4.69, 9.17) is 9.26 Å². The molecule has 1 N–H and O–H groups in total. The second-order valence-electron chi connectivity index (χ2n) is 4.10. The van der Waals surface area contributed by atoms with E-state index >= 15 is 0 Å². The van der Waals surface area contributed by atoms with Crippen LogP contribution in [0.15, 0.2) is 46.4 Å². The van der Waals surface area contributed by atoms with Gasteiger partial charge in [-0.3, -0.25) is 10.1 Å². The Hall–Kier alpha value is -2.67. The smallest absolute Gasteiger partial charge is 0.296 e. The minimum atomic E-state index is -0.372. The Morgan fingerprint density at radius 3 is 2.76 bits per heavy atom. The van der Waals surface area contributed by atoms with Crippen molar-refractivity contribution < 1.29 is 14.1 Å². The number of hydrogen-bond donors (Lipinski definition) is 1. The number of hydrogen-bond acceptors (Lipinski definition) is 6. The number of carbonyl (C=O) groups excluding carboxylic acids is 1. The summed E-state index contributed by atoms with van der Waals surface area (Å²) in [4.78, 5) is 16.2. The lowest BCUT2D eigenvalue weighted by molar-refractivity contribution is 0.0988. The molecule has 3 rings (SSSR count). The maximum absolute atomic E-state index is 11.8. The molecule has 0 unspecified atom stereocenters. The maximum atomic E-state index is 11.8. The van der Waals surface area contributed by atoms with Gasteiger partial charge in [-0.1, -0.05) is 5.16 Å². The fourth-order valence-electron chi connectivity index (χ4n) is 1.72. The van der Waals surface area contributed by atoms with Crippen molar-refractivity contribution in [2.45, 2.75) is 0 Å². The zero-order valence-electron chi connectivity index (χ0n) is 11.1. The first-order valence-corrected chi connectivity index (χ1v) is 6.96. The Labute approximate surface area is 124 Å². The number of nitrogens with zero attached hydrogens (tertiary/aromatic N) is 2. The summed E-state index contributed by atoms with van der Waals surface area (Å²) >= 11 is 1.34. The molecule has 0 aliphatic heterocycles. The van der Waals surface area contributed by atoms with Crippen LogP contribution < -0.4 is 10.1 Å². The summed E-state index contributed by atoms with van der Waals surface area (Å²) in [6.45, 7) is 0. The number of rotatable bonds is 4. The Morgan fingerprint density at radius 2 is 2.10 bits per heavy atom. The van der Waals surface area contributed by atoms with Crippen LogP contribution in [0.1, 0.15) is 10.6 Å². The molecule has 0 atom stereocenters.